The van der Waals surface area contributed by atoms with E-state index in [0.29, 0.717) is 0 Å². The summed E-state index contributed by atoms with van der Waals surface area (Å²) >= 11 is 0. The number of nitrogens with zero attached hydrogens (tertiary/aromatic N) is 2. The van der Waals surface area contributed by atoms with Crippen molar-refractivity contribution in [2.75, 3.05) is 14.1 Å². The molecule has 0 atom stereocenters. The second kappa shape index (κ2) is 6.30. The van der Waals surface area contributed by atoms with Gasteiger partial charge >= 0.3 is 0 Å². The van der Waals surface area contributed by atoms with Crippen molar-refractivity contribution in [1.29, 1.82) is 0 Å². The Morgan fingerprint density at radius 1 is 1.28 bits per heavy atom. The van der Waals surface area contributed by atoms with E-state index in [9.17, 15) is 0 Å². The molecule has 18 heavy (non-hydrogen) atoms. The Kier molecular flexibility index (Phi) is 4.72. The summed E-state index contributed by atoms with van der Waals surface area (Å²) in [6.07, 6.45) is 7.16. The molecule has 100 valence electrons. The summed E-state index contributed by atoms with van der Waals surface area (Å²) < 4.78 is 0. The second-order valence-electron chi connectivity index (χ2n) is 5.54. The average molecular weight is 247 g/mol. The van der Waals surface area contributed by atoms with Gasteiger partial charge in [-0.1, -0.05) is 6.07 Å². The first kappa shape index (κ1) is 13.5. The zero-order valence-corrected chi connectivity index (χ0v) is 11.8. The van der Waals surface area contributed by atoms with Crippen molar-refractivity contribution >= 4 is 0 Å². The molecule has 0 aliphatic heterocycles. The zero-order valence-electron chi connectivity index (χ0n) is 11.8. The fourth-order valence-electron chi connectivity index (χ4n) is 2.78. The molecule has 0 amide bonds. The van der Waals surface area contributed by atoms with Crippen LogP contribution < -0.4 is 5.32 Å². The fraction of sp³-hybridized carbons (Fsp3) is 0.667. The molecule has 1 heterocycles. The SMILES string of the molecule is CNC1CCC(N(C)Cc2ccc(C)cn2)CC1. The molecule has 0 bridgehead atoms. The van der Waals surface area contributed by atoms with E-state index >= 15 is 0 Å². The molecular weight excluding hydrogens is 222 g/mol. The fourth-order valence-corrected chi connectivity index (χ4v) is 2.78. The maximum absolute atomic E-state index is 4.49. The van der Waals surface area contributed by atoms with Crippen LogP contribution in [0.25, 0.3) is 0 Å². The molecule has 1 fully saturated rings. The monoisotopic (exact) mass is 247 g/mol. The van der Waals surface area contributed by atoms with Crippen molar-refractivity contribution in [1.82, 2.24) is 15.2 Å². The molecule has 0 saturated heterocycles. The third kappa shape index (κ3) is 3.53. The van der Waals surface area contributed by atoms with Crippen molar-refractivity contribution in [2.45, 2.75) is 51.2 Å². The largest absolute Gasteiger partial charge is 0.317 e. The Hall–Kier alpha value is -0.930. The van der Waals surface area contributed by atoms with E-state index in [1.54, 1.807) is 0 Å². The van der Waals surface area contributed by atoms with Gasteiger partial charge in [0.2, 0.25) is 0 Å². The first-order valence-electron chi connectivity index (χ1n) is 6.98. The number of hydrogen-bond acceptors (Lipinski definition) is 3. The van der Waals surface area contributed by atoms with E-state index in [-0.39, 0.29) is 0 Å². The van der Waals surface area contributed by atoms with Crippen molar-refractivity contribution in [3.63, 3.8) is 0 Å². The quantitative estimate of drug-likeness (QED) is 0.885. The van der Waals surface area contributed by atoms with Crippen LogP contribution in [0, 0.1) is 6.92 Å². The van der Waals surface area contributed by atoms with Gasteiger partial charge in [-0.15, -0.1) is 0 Å². The van der Waals surface area contributed by atoms with Gasteiger partial charge in [-0.3, -0.25) is 9.88 Å². The van der Waals surface area contributed by atoms with Crippen LogP contribution in [0.2, 0.25) is 0 Å². The van der Waals surface area contributed by atoms with Crippen LogP contribution in [-0.4, -0.2) is 36.1 Å². The molecular formula is C15H25N3. The van der Waals surface area contributed by atoms with E-state index in [0.717, 1.165) is 18.6 Å². The number of aromatic nitrogens is 1. The van der Waals surface area contributed by atoms with E-state index in [2.05, 4.69) is 48.4 Å². The van der Waals surface area contributed by atoms with Crippen LogP contribution in [0.15, 0.2) is 18.3 Å². The van der Waals surface area contributed by atoms with E-state index in [1.165, 1.54) is 36.9 Å². The highest BCUT2D eigenvalue weighted by Gasteiger charge is 2.23. The van der Waals surface area contributed by atoms with E-state index < -0.39 is 0 Å². The van der Waals surface area contributed by atoms with Crippen LogP contribution in [-0.2, 0) is 6.54 Å². The summed E-state index contributed by atoms with van der Waals surface area (Å²) in [6, 6.07) is 5.74. The van der Waals surface area contributed by atoms with Crippen molar-refractivity contribution in [2.24, 2.45) is 0 Å². The highest BCUT2D eigenvalue weighted by atomic mass is 15.1. The molecule has 1 aliphatic rings. The van der Waals surface area contributed by atoms with Crippen LogP contribution in [0.3, 0.4) is 0 Å². The van der Waals surface area contributed by atoms with Gasteiger partial charge in [0.25, 0.3) is 0 Å². The molecule has 0 radical (unpaired) electrons. The number of aryl methyl sites for hydroxylation is 1. The molecule has 1 saturated carbocycles. The number of rotatable bonds is 4. The Morgan fingerprint density at radius 3 is 2.56 bits per heavy atom. The van der Waals surface area contributed by atoms with Gasteiger partial charge in [-0.2, -0.15) is 0 Å². The molecule has 0 aromatic carbocycles. The highest BCUT2D eigenvalue weighted by molar-refractivity contribution is 5.12. The van der Waals surface area contributed by atoms with Crippen LogP contribution in [0.5, 0.6) is 0 Å². The standard InChI is InChI=1S/C15H25N3/c1-12-4-5-14(17-10-12)11-18(3)15-8-6-13(16-2)7-9-15/h4-5,10,13,15-16H,6-9,11H2,1-3H3. The lowest BCUT2D eigenvalue weighted by atomic mass is 9.90. The molecule has 0 spiro atoms. The predicted molar refractivity (Wildman–Crippen MR) is 75.5 cm³/mol. The van der Waals surface area contributed by atoms with Crippen LogP contribution >= 0.6 is 0 Å². The molecule has 1 aliphatic carbocycles. The number of hydrogen-bond donors (Lipinski definition) is 1. The third-order valence-corrected chi connectivity index (χ3v) is 4.11. The highest BCUT2D eigenvalue weighted by Crippen LogP contribution is 2.23. The molecule has 3 nitrogen and oxygen atoms in total. The van der Waals surface area contributed by atoms with Gasteiger partial charge in [0, 0.05) is 24.8 Å². The summed E-state index contributed by atoms with van der Waals surface area (Å²) in [4.78, 5) is 6.95. The summed E-state index contributed by atoms with van der Waals surface area (Å²) in [6.45, 7) is 3.05. The normalized spacial score (nSPS) is 24.4. The smallest absolute Gasteiger partial charge is 0.0544 e. The topological polar surface area (TPSA) is 28.2 Å². The maximum Gasteiger partial charge on any atom is 0.0544 e. The van der Waals surface area contributed by atoms with Gasteiger partial charge in [-0.05, 0) is 58.3 Å². The number of nitrogens with one attached hydrogen (secondary N) is 1. The Balaban J connectivity index is 1.85. The lowest BCUT2D eigenvalue weighted by Gasteiger charge is -2.34. The Morgan fingerprint density at radius 2 is 2.00 bits per heavy atom. The van der Waals surface area contributed by atoms with E-state index in [4.69, 9.17) is 0 Å². The average Bonchev–Trinajstić information content (AvgIpc) is 2.41. The summed E-state index contributed by atoms with van der Waals surface area (Å²) in [5.74, 6) is 0. The van der Waals surface area contributed by atoms with Crippen molar-refractivity contribution < 1.29 is 0 Å². The Labute approximate surface area is 111 Å². The first-order chi connectivity index (χ1) is 8.69. The van der Waals surface area contributed by atoms with Crippen molar-refractivity contribution in [3.05, 3.63) is 29.6 Å². The molecule has 3 heteroatoms. The zero-order chi connectivity index (χ0) is 13.0. The molecule has 1 aromatic heterocycles. The molecule has 1 N–H and O–H groups in total. The minimum atomic E-state index is 0.720. The summed E-state index contributed by atoms with van der Waals surface area (Å²) in [5.41, 5.74) is 2.41. The van der Waals surface area contributed by atoms with Crippen LogP contribution in [0.1, 0.15) is 36.9 Å². The maximum atomic E-state index is 4.49. The molecule has 0 unspecified atom stereocenters. The second-order valence-corrected chi connectivity index (χ2v) is 5.54. The van der Waals surface area contributed by atoms with E-state index in [1.807, 2.05) is 6.20 Å². The first-order valence-corrected chi connectivity index (χ1v) is 6.98. The molecule has 1 aromatic rings. The summed E-state index contributed by atoms with van der Waals surface area (Å²) in [5, 5.41) is 3.39. The number of pyridine rings is 1. The van der Waals surface area contributed by atoms with Gasteiger partial charge in [0.1, 0.15) is 0 Å². The lowest BCUT2D eigenvalue weighted by molar-refractivity contribution is 0.168. The Bertz CT molecular complexity index is 353. The van der Waals surface area contributed by atoms with Gasteiger partial charge in [0.05, 0.1) is 5.69 Å². The lowest BCUT2D eigenvalue weighted by Crippen LogP contribution is -2.39. The van der Waals surface area contributed by atoms with Gasteiger partial charge in [0.15, 0.2) is 0 Å². The van der Waals surface area contributed by atoms with Gasteiger partial charge in [-0.25, -0.2) is 0 Å². The predicted octanol–water partition coefficient (Wildman–Crippen LogP) is 2.35. The third-order valence-electron chi connectivity index (χ3n) is 4.11. The van der Waals surface area contributed by atoms with Crippen LogP contribution in [0.4, 0.5) is 0 Å². The minimum Gasteiger partial charge on any atom is -0.317 e. The molecule has 2 rings (SSSR count). The summed E-state index contributed by atoms with van der Waals surface area (Å²) in [7, 11) is 4.30. The van der Waals surface area contributed by atoms with Crippen molar-refractivity contribution in [3.8, 4) is 0 Å². The van der Waals surface area contributed by atoms with Gasteiger partial charge < -0.3 is 5.32 Å². The minimum absolute atomic E-state index is 0.720.